The lowest BCUT2D eigenvalue weighted by Gasteiger charge is -2.13. The van der Waals surface area contributed by atoms with E-state index in [0.29, 0.717) is 6.04 Å². The van der Waals surface area contributed by atoms with Gasteiger partial charge in [-0.1, -0.05) is 70.8 Å². The van der Waals surface area contributed by atoms with E-state index in [9.17, 15) is 17.3 Å². The first kappa shape index (κ1) is 22.7. The molecule has 0 aliphatic carbocycles. The molecule has 7 heteroatoms. The van der Waals surface area contributed by atoms with Crippen LogP contribution in [-0.4, -0.2) is 16.8 Å². The summed E-state index contributed by atoms with van der Waals surface area (Å²) in [5.41, 5.74) is 0. The topological polar surface area (TPSA) is 17.8 Å². The number of allylic oxidation sites excluding steroid dienone is 1. The van der Waals surface area contributed by atoms with Crippen molar-refractivity contribution in [2.24, 2.45) is 0 Å². The van der Waals surface area contributed by atoms with Crippen LogP contribution in [0.4, 0.5) is 17.3 Å². The van der Waals surface area contributed by atoms with E-state index in [1.807, 2.05) is 24.8 Å². The Morgan fingerprint density at radius 1 is 1.00 bits per heavy atom. The molecule has 0 radical (unpaired) electrons. The third-order valence-electron chi connectivity index (χ3n) is 3.78. The highest BCUT2D eigenvalue weighted by Crippen LogP contribution is 2.18. The second-order valence-electron chi connectivity index (χ2n) is 5.92. The molecule has 1 aromatic heterocycles. The molecule has 24 heavy (non-hydrogen) atoms. The van der Waals surface area contributed by atoms with Crippen molar-refractivity contribution in [3.05, 3.63) is 31.4 Å². The van der Waals surface area contributed by atoms with Gasteiger partial charge in [0.1, 0.15) is 0 Å². The monoisotopic (exact) mass is 349 g/mol. The van der Waals surface area contributed by atoms with Crippen molar-refractivity contribution in [3.8, 4) is 0 Å². The number of hydrogen-bond acceptors (Lipinski definition) is 1. The van der Waals surface area contributed by atoms with Gasteiger partial charge in [-0.25, -0.2) is 4.98 Å². The molecule has 0 saturated carbocycles. The van der Waals surface area contributed by atoms with Crippen LogP contribution in [0.5, 0.6) is 0 Å². The number of unbranched alkanes of at least 4 members (excludes halogenated alkanes) is 8. The SMILES string of the molecule is C=CC(CCCCCCCCCCC)n1ccnc1.F[B-](F)(F)F. The minimum atomic E-state index is -6.00. The molecule has 0 N–H and O–H groups in total. The van der Waals surface area contributed by atoms with Gasteiger partial charge < -0.3 is 21.8 Å². The predicted molar refractivity (Wildman–Crippen MR) is 93.5 cm³/mol. The minimum Gasteiger partial charge on any atom is -0.418 e. The quantitative estimate of drug-likeness (QED) is 0.175. The number of nitrogens with zero attached hydrogens (tertiary/aromatic N) is 2. The minimum absolute atomic E-state index is 0.423. The number of imidazole rings is 1. The summed E-state index contributed by atoms with van der Waals surface area (Å²) in [7, 11) is -6.00. The molecule has 0 aromatic carbocycles. The molecule has 1 rings (SSSR count). The summed E-state index contributed by atoms with van der Waals surface area (Å²) in [6.07, 6.45) is 21.5. The Kier molecular flexibility index (Phi) is 13.4. The van der Waals surface area contributed by atoms with Crippen molar-refractivity contribution >= 4 is 7.25 Å². The highest BCUT2D eigenvalue weighted by Gasteiger charge is 2.20. The van der Waals surface area contributed by atoms with Gasteiger partial charge in [-0.15, -0.1) is 6.58 Å². The molecule has 0 amide bonds. The maximum Gasteiger partial charge on any atom is 0.673 e. The lowest BCUT2D eigenvalue weighted by molar-refractivity contribution is 0.368. The molecule has 0 bridgehead atoms. The molecule has 0 saturated heterocycles. The van der Waals surface area contributed by atoms with Gasteiger partial charge in [0.25, 0.3) is 0 Å². The zero-order chi connectivity index (χ0) is 18.3. The van der Waals surface area contributed by atoms with Gasteiger partial charge in [0.2, 0.25) is 0 Å². The second kappa shape index (κ2) is 14.1. The third kappa shape index (κ3) is 15.6. The molecule has 0 spiro atoms. The molecule has 2 nitrogen and oxygen atoms in total. The van der Waals surface area contributed by atoms with E-state index in [0.717, 1.165) is 0 Å². The Morgan fingerprint density at radius 3 is 1.92 bits per heavy atom. The highest BCUT2D eigenvalue weighted by atomic mass is 19.5. The van der Waals surface area contributed by atoms with Gasteiger partial charge in [-0.2, -0.15) is 0 Å². The molecule has 0 aliphatic rings. The molecule has 1 unspecified atom stereocenters. The van der Waals surface area contributed by atoms with Gasteiger partial charge in [0.05, 0.1) is 12.4 Å². The van der Waals surface area contributed by atoms with E-state index in [4.69, 9.17) is 0 Å². The molecule has 1 heterocycles. The summed E-state index contributed by atoms with van der Waals surface area (Å²) in [4.78, 5) is 4.10. The van der Waals surface area contributed by atoms with E-state index >= 15 is 0 Å². The maximum absolute atomic E-state index is 9.75. The maximum atomic E-state index is 9.75. The van der Waals surface area contributed by atoms with Crippen LogP contribution in [0.15, 0.2) is 31.4 Å². The smallest absolute Gasteiger partial charge is 0.418 e. The highest BCUT2D eigenvalue weighted by molar-refractivity contribution is 6.50. The van der Waals surface area contributed by atoms with E-state index in [2.05, 4.69) is 23.1 Å². The van der Waals surface area contributed by atoms with Gasteiger partial charge in [0.15, 0.2) is 0 Å². The summed E-state index contributed by atoms with van der Waals surface area (Å²) in [6, 6.07) is 0.423. The van der Waals surface area contributed by atoms with Crippen LogP contribution in [0.1, 0.15) is 77.2 Å². The fourth-order valence-electron chi connectivity index (χ4n) is 2.52. The van der Waals surface area contributed by atoms with E-state index in [1.54, 1.807) is 0 Å². The van der Waals surface area contributed by atoms with Crippen LogP contribution >= 0.6 is 0 Å². The van der Waals surface area contributed by atoms with Crippen LogP contribution in [0, 0.1) is 0 Å². The van der Waals surface area contributed by atoms with E-state index in [-0.39, 0.29) is 0 Å². The number of rotatable bonds is 12. The summed E-state index contributed by atoms with van der Waals surface area (Å²) in [5.74, 6) is 0. The van der Waals surface area contributed by atoms with Crippen molar-refractivity contribution in [2.45, 2.75) is 77.2 Å². The van der Waals surface area contributed by atoms with Crippen molar-refractivity contribution in [3.63, 3.8) is 0 Å². The largest absolute Gasteiger partial charge is 0.673 e. The van der Waals surface area contributed by atoms with Crippen LogP contribution in [-0.2, 0) is 0 Å². The third-order valence-corrected chi connectivity index (χ3v) is 3.78. The Balaban J connectivity index is 0.000000922. The summed E-state index contributed by atoms with van der Waals surface area (Å²) in [5, 5.41) is 0. The summed E-state index contributed by atoms with van der Waals surface area (Å²) in [6.45, 7) is 6.20. The summed E-state index contributed by atoms with van der Waals surface area (Å²) >= 11 is 0. The van der Waals surface area contributed by atoms with Crippen molar-refractivity contribution in [1.82, 2.24) is 9.55 Å². The van der Waals surface area contributed by atoms with Crippen molar-refractivity contribution < 1.29 is 17.3 Å². The molecule has 1 atom stereocenters. The number of aromatic nitrogens is 2. The van der Waals surface area contributed by atoms with Gasteiger partial charge in [0, 0.05) is 12.4 Å². The Morgan fingerprint density at radius 2 is 1.50 bits per heavy atom. The fraction of sp³-hybridized carbons (Fsp3) is 0.706. The predicted octanol–water partition coefficient (Wildman–Crippen LogP) is 6.83. The Labute approximate surface area is 143 Å². The lowest BCUT2D eigenvalue weighted by Crippen LogP contribution is -2.03. The molecular weight excluding hydrogens is 319 g/mol. The average molecular weight is 349 g/mol. The van der Waals surface area contributed by atoms with E-state index < -0.39 is 7.25 Å². The van der Waals surface area contributed by atoms with E-state index in [1.165, 1.54) is 64.2 Å². The standard InChI is InChI=1S/C17H30N2.BF4/c1-3-5-6-7-8-9-10-11-12-13-17(4-2)19-15-14-18-16-19;2-1(3,4)5/h4,14-17H,2-3,5-13H2,1H3;/q;-1. The van der Waals surface area contributed by atoms with Gasteiger partial charge in [-0.3, -0.25) is 0 Å². The molecule has 0 fully saturated rings. The normalized spacial score (nSPS) is 12.4. The van der Waals surface area contributed by atoms with Crippen LogP contribution in [0.2, 0.25) is 0 Å². The number of halogens is 4. The Bertz CT molecular complexity index is 388. The van der Waals surface area contributed by atoms with Crippen LogP contribution < -0.4 is 0 Å². The fourth-order valence-corrected chi connectivity index (χ4v) is 2.52. The molecular formula is C17H30BF4N2-. The van der Waals surface area contributed by atoms with Gasteiger partial charge in [-0.05, 0) is 6.42 Å². The first-order chi connectivity index (χ1) is 11.4. The number of hydrogen-bond donors (Lipinski definition) is 0. The Hall–Kier alpha value is -1.27. The second-order valence-corrected chi connectivity index (χ2v) is 5.92. The lowest BCUT2D eigenvalue weighted by atomic mass is 10.0. The van der Waals surface area contributed by atoms with Crippen LogP contribution in [0.3, 0.4) is 0 Å². The molecule has 140 valence electrons. The molecule has 0 aliphatic heterocycles. The first-order valence-electron chi connectivity index (χ1n) is 8.85. The van der Waals surface area contributed by atoms with Crippen molar-refractivity contribution in [1.29, 1.82) is 0 Å². The van der Waals surface area contributed by atoms with Crippen LogP contribution in [0.25, 0.3) is 0 Å². The zero-order valence-electron chi connectivity index (χ0n) is 14.6. The zero-order valence-corrected chi connectivity index (χ0v) is 14.6. The summed E-state index contributed by atoms with van der Waals surface area (Å²) < 4.78 is 41.2. The molecule has 1 aromatic rings. The average Bonchev–Trinajstić information content (AvgIpc) is 3.02. The first-order valence-corrected chi connectivity index (χ1v) is 8.85. The van der Waals surface area contributed by atoms with Crippen molar-refractivity contribution in [2.75, 3.05) is 0 Å². The van der Waals surface area contributed by atoms with Gasteiger partial charge >= 0.3 is 7.25 Å².